The number of imidazole rings is 1. The number of amides is 1. The van der Waals surface area contributed by atoms with Gasteiger partial charge in [0.1, 0.15) is 24.7 Å². The highest BCUT2D eigenvalue weighted by Gasteiger charge is 2.14. The van der Waals surface area contributed by atoms with Gasteiger partial charge in [-0.15, -0.1) is 0 Å². The van der Waals surface area contributed by atoms with Crippen LogP contribution in [0.3, 0.4) is 0 Å². The van der Waals surface area contributed by atoms with Crippen LogP contribution in [0.5, 0.6) is 5.75 Å². The Morgan fingerprint density at radius 1 is 1.04 bits per heavy atom. The van der Waals surface area contributed by atoms with Crippen molar-refractivity contribution in [2.75, 3.05) is 0 Å². The van der Waals surface area contributed by atoms with Crippen molar-refractivity contribution in [1.29, 1.82) is 0 Å². The van der Waals surface area contributed by atoms with Gasteiger partial charge in [0.2, 0.25) is 5.91 Å². The van der Waals surface area contributed by atoms with Gasteiger partial charge in [0.25, 0.3) is 0 Å². The monoisotopic (exact) mass is 373 g/mol. The van der Waals surface area contributed by atoms with Gasteiger partial charge < -0.3 is 14.6 Å². The molecule has 0 fully saturated rings. The molecule has 0 spiro atoms. The number of carbonyl (C=O) groups is 1. The van der Waals surface area contributed by atoms with Crippen molar-refractivity contribution in [3.63, 3.8) is 0 Å². The predicted octanol–water partition coefficient (Wildman–Crippen LogP) is 4.29. The van der Waals surface area contributed by atoms with Gasteiger partial charge in [-0.25, -0.2) is 4.98 Å². The second-order valence-corrected chi connectivity index (χ2v) is 7.12. The van der Waals surface area contributed by atoms with Gasteiger partial charge in [0.15, 0.2) is 0 Å². The maximum Gasteiger partial charge on any atom is 0.240 e. The number of aromatic nitrogens is 2. The van der Waals surface area contributed by atoms with E-state index in [-0.39, 0.29) is 18.5 Å². The van der Waals surface area contributed by atoms with Crippen molar-refractivity contribution < 1.29 is 9.53 Å². The molecule has 1 aromatic heterocycles. The van der Waals surface area contributed by atoms with Gasteiger partial charge in [0, 0.05) is 6.04 Å². The Kier molecular flexibility index (Phi) is 4.98. The quantitative estimate of drug-likeness (QED) is 0.548. The third-order valence-electron chi connectivity index (χ3n) is 4.57. The Hall–Kier alpha value is -3.34. The number of hydrogen-bond donors (Lipinski definition) is 1. The molecular weight excluding hydrogens is 350 g/mol. The van der Waals surface area contributed by atoms with Crippen molar-refractivity contribution in [1.82, 2.24) is 14.9 Å². The largest absolute Gasteiger partial charge is 0.486 e. The molecule has 0 saturated carbocycles. The molecule has 1 N–H and O–H groups in total. The molecule has 0 saturated heterocycles. The Bertz CT molecular complexity index is 1130. The van der Waals surface area contributed by atoms with Crippen molar-refractivity contribution in [2.45, 2.75) is 33.0 Å². The van der Waals surface area contributed by atoms with Crippen LogP contribution >= 0.6 is 0 Å². The standard InChI is InChI=1S/C23H23N3O2/c1-16(2)24-23(27)14-26-21-10-6-5-9-20(21)25-22(26)15-28-19-12-11-17-7-3-4-8-18(17)13-19/h3-13,16H,14-15H2,1-2H3,(H,24,27). The van der Waals surface area contributed by atoms with E-state index < -0.39 is 0 Å². The molecule has 1 heterocycles. The summed E-state index contributed by atoms with van der Waals surface area (Å²) >= 11 is 0. The minimum absolute atomic E-state index is 0.0369. The second-order valence-electron chi connectivity index (χ2n) is 7.12. The third kappa shape index (κ3) is 3.83. The molecule has 4 rings (SSSR count). The van der Waals surface area contributed by atoms with E-state index in [1.807, 2.05) is 73.0 Å². The van der Waals surface area contributed by atoms with E-state index in [1.54, 1.807) is 0 Å². The van der Waals surface area contributed by atoms with Crippen molar-refractivity contribution in [2.24, 2.45) is 0 Å². The molecule has 0 aliphatic heterocycles. The van der Waals surface area contributed by atoms with Crippen molar-refractivity contribution in [3.05, 3.63) is 72.6 Å². The molecule has 5 nitrogen and oxygen atoms in total. The summed E-state index contributed by atoms with van der Waals surface area (Å²) in [4.78, 5) is 17.0. The van der Waals surface area contributed by atoms with E-state index in [1.165, 1.54) is 5.39 Å². The summed E-state index contributed by atoms with van der Waals surface area (Å²) in [6.07, 6.45) is 0. The Morgan fingerprint density at radius 3 is 2.61 bits per heavy atom. The summed E-state index contributed by atoms with van der Waals surface area (Å²) in [7, 11) is 0. The molecule has 28 heavy (non-hydrogen) atoms. The molecule has 0 aliphatic rings. The highest BCUT2D eigenvalue weighted by atomic mass is 16.5. The topological polar surface area (TPSA) is 56.2 Å². The number of nitrogens with one attached hydrogen (secondary N) is 1. The van der Waals surface area contributed by atoms with Crippen LogP contribution in [-0.4, -0.2) is 21.5 Å². The summed E-state index contributed by atoms with van der Waals surface area (Å²) in [6, 6.07) is 22.1. The van der Waals surface area contributed by atoms with Gasteiger partial charge in [-0.1, -0.05) is 42.5 Å². The van der Waals surface area contributed by atoms with Crippen LogP contribution in [0, 0.1) is 0 Å². The molecule has 3 aromatic carbocycles. The lowest BCUT2D eigenvalue weighted by molar-refractivity contribution is -0.122. The van der Waals surface area contributed by atoms with Crippen LogP contribution in [0.2, 0.25) is 0 Å². The molecule has 4 aromatic rings. The molecule has 0 radical (unpaired) electrons. The minimum Gasteiger partial charge on any atom is -0.486 e. The second kappa shape index (κ2) is 7.72. The van der Waals surface area contributed by atoms with Crippen LogP contribution in [0.25, 0.3) is 21.8 Å². The molecule has 0 aliphatic carbocycles. The molecular formula is C23H23N3O2. The number of nitrogens with zero attached hydrogens (tertiary/aromatic N) is 2. The van der Waals surface area contributed by atoms with E-state index >= 15 is 0 Å². The lowest BCUT2D eigenvalue weighted by Gasteiger charge is -2.13. The summed E-state index contributed by atoms with van der Waals surface area (Å²) in [5.74, 6) is 1.47. The Labute approximate surface area is 164 Å². The zero-order valence-electron chi connectivity index (χ0n) is 16.1. The number of ether oxygens (including phenoxy) is 1. The predicted molar refractivity (Wildman–Crippen MR) is 111 cm³/mol. The lowest BCUT2D eigenvalue weighted by Crippen LogP contribution is -2.33. The van der Waals surface area contributed by atoms with Crippen LogP contribution in [0.4, 0.5) is 0 Å². The van der Waals surface area contributed by atoms with Gasteiger partial charge in [-0.2, -0.15) is 0 Å². The smallest absolute Gasteiger partial charge is 0.240 e. The maximum atomic E-state index is 12.3. The van der Waals surface area contributed by atoms with E-state index in [9.17, 15) is 4.79 Å². The first-order valence-electron chi connectivity index (χ1n) is 9.45. The van der Waals surface area contributed by atoms with Gasteiger partial charge in [-0.05, 0) is 48.9 Å². The average molecular weight is 373 g/mol. The number of benzene rings is 3. The fourth-order valence-electron chi connectivity index (χ4n) is 3.33. The van der Waals surface area contributed by atoms with Gasteiger partial charge in [-0.3, -0.25) is 4.79 Å². The van der Waals surface area contributed by atoms with Crippen LogP contribution in [-0.2, 0) is 17.9 Å². The minimum atomic E-state index is -0.0369. The van der Waals surface area contributed by atoms with E-state index in [0.29, 0.717) is 6.61 Å². The normalized spacial score (nSPS) is 11.2. The summed E-state index contributed by atoms with van der Waals surface area (Å²) in [5.41, 5.74) is 1.79. The molecule has 0 bridgehead atoms. The van der Waals surface area contributed by atoms with E-state index in [4.69, 9.17) is 4.74 Å². The van der Waals surface area contributed by atoms with Crippen molar-refractivity contribution in [3.8, 4) is 5.75 Å². The zero-order chi connectivity index (χ0) is 19.5. The fraction of sp³-hybridized carbons (Fsp3) is 0.217. The molecule has 142 valence electrons. The average Bonchev–Trinajstić information content (AvgIpc) is 3.03. The SMILES string of the molecule is CC(C)NC(=O)Cn1c(COc2ccc3ccccc3c2)nc2ccccc21. The van der Waals surface area contributed by atoms with E-state index in [2.05, 4.69) is 22.4 Å². The summed E-state index contributed by atoms with van der Waals surface area (Å²) in [5, 5.41) is 5.24. The van der Waals surface area contributed by atoms with E-state index in [0.717, 1.165) is 28.0 Å². The number of fused-ring (bicyclic) bond motifs is 2. The summed E-state index contributed by atoms with van der Waals surface area (Å²) in [6.45, 7) is 4.42. The highest BCUT2D eigenvalue weighted by molar-refractivity contribution is 5.84. The molecule has 0 atom stereocenters. The maximum absolute atomic E-state index is 12.3. The first-order valence-corrected chi connectivity index (χ1v) is 9.45. The first-order chi connectivity index (χ1) is 13.6. The molecule has 1 amide bonds. The highest BCUT2D eigenvalue weighted by Crippen LogP contribution is 2.22. The Morgan fingerprint density at radius 2 is 1.79 bits per heavy atom. The number of para-hydroxylation sites is 2. The zero-order valence-corrected chi connectivity index (χ0v) is 16.1. The molecule has 0 unspecified atom stereocenters. The number of hydrogen-bond acceptors (Lipinski definition) is 3. The van der Waals surface area contributed by atoms with Crippen LogP contribution in [0.1, 0.15) is 19.7 Å². The van der Waals surface area contributed by atoms with Crippen LogP contribution < -0.4 is 10.1 Å². The Balaban J connectivity index is 1.60. The molecule has 5 heteroatoms. The fourth-order valence-corrected chi connectivity index (χ4v) is 3.33. The van der Waals surface area contributed by atoms with Crippen LogP contribution in [0.15, 0.2) is 66.7 Å². The number of carbonyl (C=O) groups excluding carboxylic acids is 1. The van der Waals surface area contributed by atoms with Crippen molar-refractivity contribution >= 4 is 27.7 Å². The first kappa shape index (κ1) is 18.0. The summed E-state index contributed by atoms with van der Waals surface area (Å²) < 4.78 is 7.94. The van der Waals surface area contributed by atoms with Gasteiger partial charge >= 0.3 is 0 Å². The van der Waals surface area contributed by atoms with Gasteiger partial charge in [0.05, 0.1) is 11.0 Å². The lowest BCUT2D eigenvalue weighted by atomic mass is 10.1. The number of rotatable bonds is 6. The third-order valence-corrected chi connectivity index (χ3v) is 4.57.